The van der Waals surface area contributed by atoms with Crippen molar-refractivity contribution >= 4 is 45.1 Å². The number of anilines is 1. The average molecular weight is 459 g/mol. The van der Waals surface area contributed by atoms with Crippen LogP contribution in [0.1, 0.15) is 41.2 Å². The van der Waals surface area contributed by atoms with E-state index >= 15 is 0 Å². The summed E-state index contributed by atoms with van der Waals surface area (Å²) in [6.45, 7) is 9.63. The summed E-state index contributed by atoms with van der Waals surface area (Å²) in [4.78, 5) is 32.5. The van der Waals surface area contributed by atoms with Gasteiger partial charge in [0, 0.05) is 41.6 Å². The fourth-order valence-corrected chi connectivity index (χ4v) is 3.79. The number of H-pyrrole nitrogens is 1. The van der Waals surface area contributed by atoms with Gasteiger partial charge in [0.1, 0.15) is 5.69 Å². The average Bonchev–Trinajstić information content (AvgIpc) is 3.22. The van der Waals surface area contributed by atoms with Gasteiger partial charge >= 0.3 is 0 Å². The highest BCUT2D eigenvalue weighted by Gasteiger charge is 2.25. The largest absolute Gasteiger partial charge is 0.351 e. The van der Waals surface area contributed by atoms with Crippen LogP contribution in [0.4, 0.5) is 5.69 Å². The summed E-state index contributed by atoms with van der Waals surface area (Å²) < 4.78 is 0.910. The lowest BCUT2D eigenvalue weighted by atomic mass is 10.1. The zero-order valence-electron chi connectivity index (χ0n) is 17.3. The van der Waals surface area contributed by atoms with Crippen molar-refractivity contribution in [2.45, 2.75) is 20.8 Å². The van der Waals surface area contributed by atoms with Gasteiger partial charge in [-0.15, -0.1) is 0 Å². The van der Waals surface area contributed by atoms with E-state index in [4.69, 9.17) is 0 Å². The molecular formula is C22H27BrN4O2. The minimum Gasteiger partial charge on any atom is -0.351 e. The summed E-state index contributed by atoms with van der Waals surface area (Å²) in [6.07, 6.45) is 1.82. The van der Waals surface area contributed by atoms with Gasteiger partial charge in [0.15, 0.2) is 0 Å². The molecular weight excluding hydrogens is 432 g/mol. The van der Waals surface area contributed by atoms with E-state index in [1.54, 1.807) is 4.90 Å². The zero-order valence-corrected chi connectivity index (χ0v) is 18.9. The third-order valence-electron chi connectivity index (χ3n) is 5.33. The molecule has 0 atom stereocenters. The number of aromatic amines is 1. The van der Waals surface area contributed by atoms with Gasteiger partial charge in [-0.1, -0.05) is 29.8 Å². The smallest absolute Gasteiger partial charge is 0.270 e. The quantitative estimate of drug-likeness (QED) is 0.616. The standard InChI is InChI=1S/C22H27BrN4O2/c1-5-27(6-2)10-9-26(4)22(29)20-11-14(3)19(24-20)13-17-16-12-15(23)7-8-18(16)25-21(17)28/h7-8,11-13,24H,5-6,9-10H2,1-4H3,(H,25,28)/b17-13-. The number of carbonyl (C=O) groups excluding carboxylic acids is 2. The number of fused-ring (bicyclic) bond motifs is 1. The third-order valence-corrected chi connectivity index (χ3v) is 5.82. The maximum Gasteiger partial charge on any atom is 0.270 e. The minimum atomic E-state index is -0.142. The van der Waals surface area contributed by atoms with Crippen molar-refractivity contribution in [1.29, 1.82) is 0 Å². The lowest BCUT2D eigenvalue weighted by Crippen LogP contribution is -2.36. The molecule has 1 aliphatic rings. The number of likely N-dealkylation sites (N-methyl/N-ethyl adjacent to an activating group) is 2. The summed E-state index contributed by atoms with van der Waals surface area (Å²) in [5.41, 5.74) is 4.45. The van der Waals surface area contributed by atoms with E-state index in [1.807, 2.05) is 44.3 Å². The fourth-order valence-electron chi connectivity index (χ4n) is 3.43. The molecule has 0 radical (unpaired) electrons. The molecule has 154 valence electrons. The first kappa shape index (κ1) is 21.3. The Morgan fingerprint density at radius 1 is 1.17 bits per heavy atom. The molecule has 6 nitrogen and oxygen atoms in total. The Bertz CT molecular complexity index is 960. The molecule has 1 aromatic carbocycles. The molecule has 7 heteroatoms. The van der Waals surface area contributed by atoms with Gasteiger partial charge in [-0.3, -0.25) is 9.59 Å². The molecule has 29 heavy (non-hydrogen) atoms. The number of halogens is 1. The normalized spacial score (nSPS) is 14.4. The molecule has 0 saturated heterocycles. The number of hydrogen-bond acceptors (Lipinski definition) is 3. The van der Waals surface area contributed by atoms with Gasteiger partial charge in [-0.05, 0) is 55.9 Å². The first-order valence-electron chi connectivity index (χ1n) is 9.84. The predicted molar refractivity (Wildman–Crippen MR) is 121 cm³/mol. The maximum absolute atomic E-state index is 12.8. The molecule has 0 bridgehead atoms. The van der Waals surface area contributed by atoms with Crippen molar-refractivity contribution in [2.24, 2.45) is 0 Å². The molecule has 2 N–H and O–H groups in total. The Labute approximate surface area is 180 Å². The summed E-state index contributed by atoms with van der Waals surface area (Å²) in [6, 6.07) is 7.54. The lowest BCUT2D eigenvalue weighted by Gasteiger charge is -2.22. The van der Waals surface area contributed by atoms with Gasteiger partial charge in [0.2, 0.25) is 0 Å². The van der Waals surface area contributed by atoms with Crippen LogP contribution in [0.2, 0.25) is 0 Å². The maximum atomic E-state index is 12.8. The molecule has 2 heterocycles. The molecule has 3 rings (SSSR count). The van der Waals surface area contributed by atoms with Crippen LogP contribution in [0.25, 0.3) is 11.6 Å². The van der Waals surface area contributed by atoms with Crippen molar-refractivity contribution in [2.75, 3.05) is 38.5 Å². The Balaban J connectivity index is 1.81. The fraction of sp³-hybridized carbons (Fsp3) is 0.364. The number of aryl methyl sites for hydroxylation is 1. The monoisotopic (exact) mass is 458 g/mol. The minimum absolute atomic E-state index is 0.0519. The van der Waals surface area contributed by atoms with E-state index in [-0.39, 0.29) is 11.8 Å². The SMILES string of the molecule is CCN(CC)CCN(C)C(=O)c1cc(C)c(/C=C2\C(=O)Nc3ccc(Br)cc32)[nH]1. The van der Waals surface area contributed by atoms with Crippen molar-refractivity contribution in [3.63, 3.8) is 0 Å². The van der Waals surface area contributed by atoms with Crippen LogP contribution in [-0.4, -0.2) is 59.8 Å². The lowest BCUT2D eigenvalue weighted by molar-refractivity contribution is -0.110. The number of carbonyl (C=O) groups is 2. The first-order valence-corrected chi connectivity index (χ1v) is 10.6. The summed E-state index contributed by atoms with van der Waals surface area (Å²) in [5.74, 6) is -0.194. The van der Waals surface area contributed by atoms with E-state index in [0.717, 1.165) is 46.6 Å². The summed E-state index contributed by atoms with van der Waals surface area (Å²) in [7, 11) is 1.82. The molecule has 2 aromatic rings. The Hall–Kier alpha value is -2.38. The molecule has 0 saturated carbocycles. The van der Waals surface area contributed by atoms with E-state index in [1.165, 1.54) is 0 Å². The second-order valence-electron chi connectivity index (χ2n) is 7.24. The predicted octanol–water partition coefficient (Wildman–Crippen LogP) is 3.99. The second-order valence-corrected chi connectivity index (χ2v) is 8.15. The van der Waals surface area contributed by atoms with Gasteiger partial charge in [0.05, 0.1) is 5.57 Å². The number of nitrogens with one attached hydrogen (secondary N) is 2. The van der Waals surface area contributed by atoms with Crippen LogP contribution in [0.15, 0.2) is 28.7 Å². The molecule has 2 amide bonds. The van der Waals surface area contributed by atoms with Crippen molar-refractivity contribution in [1.82, 2.24) is 14.8 Å². The molecule has 0 fully saturated rings. The highest BCUT2D eigenvalue weighted by atomic mass is 79.9. The van der Waals surface area contributed by atoms with Crippen LogP contribution in [-0.2, 0) is 4.79 Å². The molecule has 1 aromatic heterocycles. The number of amides is 2. The zero-order chi connectivity index (χ0) is 21.1. The van der Waals surface area contributed by atoms with Crippen LogP contribution >= 0.6 is 15.9 Å². The van der Waals surface area contributed by atoms with Crippen LogP contribution < -0.4 is 5.32 Å². The van der Waals surface area contributed by atoms with Gasteiger partial charge < -0.3 is 20.1 Å². The van der Waals surface area contributed by atoms with E-state index in [2.05, 4.69) is 45.0 Å². The Kier molecular flexibility index (Phi) is 6.59. The number of rotatable bonds is 7. The van der Waals surface area contributed by atoms with Crippen LogP contribution in [0, 0.1) is 6.92 Å². The van der Waals surface area contributed by atoms with Crippen molar-refractivity contribution in [3.05, 3.63) is 51.3 Å². The van der Waals surface area contributed by atoms with E-state index in [0.29, 0.717) is 17.8 Å². The van der Waals surface area contributed by atoms with Crippen molar-refractivity contribution < 1.29 is 9.59 Å². The van der Waals surface area contributed by atoms with Crippen molar-refractivity contribution in [3.8, 4) is 0 Å². The van der Waals surface area contributed by atoms with Crippen LogP contribution in [0.5, 0.6) is 0 Å². The molecule has 0 spiro atoms. The summed E-state index contributed by atoms with van der Waals surface area (Å²) >= 11 is 3.46. The topological polar surface area (TPSA) is 68.4 Å². The number of benzene rings is 1. The second kappa shape index (κ2) is 8.97. The third kappa shape index (κ3) is 4.62. The number of aromatic nitrogens is 1. The van der Waals surface area contributed by atoms with Crippen LogP contribution in [0.3, 0.4) is 0 Å². The number of hydrogen-bond donors (Lipinski definition) is 2. The molecule has 0 aliphatic carbocycles. The van der Waals surface area contributed by atoms with Gasteiger partial charge in [0.25, 0.3) is 11.8 Å². The summed E-state index contributed by atoms with van der Waals surface area (Å²) in [5, 5.41) is 2.88. The highest BCUT2D eigenvalue weighted by molar-refractivity contribution is 9.10. The first-order chi connectivity index (χ1) is 13.8. The van der Waals surface area contributed by atoms with E-state index < -0.39 is 0 Å². The molecule has 1 aliphatic heterocycles. The number of nitrogens with zero attached hydrogens (tertiary/aromatic N) is 2. The Morgan fingerprint density at radius 2 is 1.90 bits per heavy atom. The highest BCUT2D eigenvalue weighted by Crippen LogP contribution is 2.35. The van der Waals surface area contributed by atoms with Gasteiger partial charge in [-0.2, -0.15) is 0 Å². The van der Waals surface area contributed by atoms with E-state index in [9.17, 15) is 9.59 Å². The molecule has 0 unspecified atom stereocenters. The Morgan fingerprint density at radius 3 is 2.59 bits per heavy atom. The van der Waals surface area contributed by atoms with Gasteiger partial charge in [-0.25, -0.2) is 0 Å².